The molecule has 3 aromatic carbocycles. The van der Waals surface area contributed by atoms with Crippen molar-refractivity contribution in [2.45, 2.75) is 32.7 Å². The molecule has 2 amide bonds. The van der Waals surface area contributed by atoms with Crippen LogP contribution in [0.25, 0.3) is 27.9 Å². The van der Waals surface area contributed by atoms with Crippen molar-refractivity contribution < 1.29 is 26.8 Å². The summed E-state index contributed by atoms with van der Waals surface area (Å²) in [6.07, 6.45) is 4.30. The second kappa shape index (κ2) is 12.3. The predicted molar refractivity (Wildman–Crippen MR) is 178 cm³/mol. The highest BCUT2D eigenvalue weighted by Crippen LogP contribution is 2.39. The molecule has 1 fully saturated rings. The largest absolute Gasteiger partial charge is 0.355 e. The molecule has 2 aromatic heterocycles. The number of hydrogen-bond donors (Lipinski definition) is 1. The molecule has 12 heteroatoms. The normalized spacial score (nSPS) is 13.1. The molecule has 0 spiro atoms. The number of benzene rings is 3. The van der Waals surface area contributed by atoms with Crippen molar-refractivity contribution in [1.82, 2.24) is 14.9 Å². The Morgan fingerprint density at radius 2 is 1.60 bits per heavy atom. The van der Waals surface area contributed by atoms with Crippen molar-refractivity contribution in [3.8, 4) is 22.4 Å². The minimum Gasteiger partial charge on any atom is -0.355 e. The van der Waals surface area contributed by atoms with E-state index < -0.39 is 27.6 Å². The summed E-state index contributed by atoms with van der Waals surface area (Å²) in [5.74, 6) is -1.55. The van der Waals surface area contributed by atoms with Crippen LogP contribution >= 0.6 is 0 Å². The van der Waals surface area contributed by atoms with E-state index in [1.165, 1.54) is 52.3 Å². The Balaban J connectivity index is 1.58. The molecule has 1 saturated carbocycles. The smallest absolute Gasteiger partial charge is 0.258 e. The number of pyridine rings is 1. The number of halogens is 2. The average molecular weight is 658 g/mol. The number of hydrogen-bond acceptors (Lipinski definition) is 5. The van der Waals surface area contributed by atoms with Gasteiger partial charge in [-0.2, -0.15) is 5.10 Å². The monoisotopic (exact) mass is 657 g/mol. The molecular weight excluding hydrogens is 624 g/mol. The van der Waals surface area contributed by atoms with Crippen LogP contribution in [0.5, 0.6) is 0 Å². The van der Waals surface area contributed by atoms with Crippen LogP contribution in [-0.2, 0) is 10.0 Å². The van der Waals surface area contributed by atoms with Crippen LogP contribution in [0.4, 0.5) is 20.2 Å². The van der Waals surface area contributed by atoms with Crippen LogP contribution in [0.15, 0.2) is 79.0 Å². The number of nitrogens with one attached hydrogen (secondary N) is 1. The van der Waals surface area contributed by atoms with Crippen LogP contribution in [0.2, 0.25) is 0 Å². The van der Waals surface area contributed by atoms with Gasteiger partial charge in [0.05, 0.1) is 29.2 Å². The fourth-order valence-electron chi connectivity index (χ4n) is 5.85. The van der Waals surface area contributed by atoms with Gasteiger partial charge in [-0.15, -0.1) is 0 Å². The molecule has 9 nitrogen and oxygen atoms in total. The maximum absolute atomic E-state index is 14.1. The first-order chi connectivity index (χ1) is 22.4. The van der Waals surface area contributed by atoms with Crippen LogP contribution in [0.3, 0.4) is 0 Å². The van der Waals surface area contributed by atoms with Gasteiger partial charge in [0.2, 0.25) is 10.0 Å². The minimum absolute atomic E-state index is 0.0165. The van der Waals surface area contributed by atoms with Gasteiger partial charge in [0.15, 0.2) is 0 Å². The van der Waals surface area contributed by atoms with Gasteiger partial charge in [-0.05, 0) is 105 Å². The third-order valence-corrected chi connectivity index (χ3v) is 9.54. The molecule has 0 bridgehead atoms. The van der Waals surface area contributed by atoms with E-state index in [0.29, 0.717) is 39.1 Å². The molecule has 0 unspecified atom stereocenters. The minimum atomic E-state index is -3.78. The molecule has 1 aliphatic rings. The Hall–Kier alpha value is -5.10. The number of rotatable bonds is 9. The number of anilines is 2. The van der Waals surface area contributed by atoms with E-state index >= 15 is 0 Å². The number of amides is 2. The van der Waals surface area contributed by atoms with Crippen LogP contribution < -0.4 is 14.5 Å². The molecule has 0 aliphatic heterocycles. The standard InChI is InChI=1S/C35H33F2N5O4S/c1-5-41(47(4,45)46)31-20-40-30(32(34(43)38-3)33(39-40)22-8-10-24(36)11-9-22)19-29(31)28-18-23(7-6-21(28)2)35(44)42(27-16-17-27)26-14-12-25(37)13-15-26/h6-15,18-20,27H,5,16-17H2,1-4H3,(H,38,43). The molecule has 6 rings (SSSR count). The molecule has 1 aliphatic carbocycles. The number of sulfonamides is 1. The van der Waals surface area contributed by atoms with E-state index in [1.807, 2.05) is 6.92 Å². The summed E-state index contributed by atoms with van der Waals surface area (Å²) in [5.41, 5.74) is 4.43. The quantitative estimate of drug-likeness (QED) is 0.203. The Kier molecular flexibility index (Phi) is 8.31. The van der Waals surface area contributed by atoms with E-state index in [4.69, 9.17) is 0 Å². The fraction of sp³-hybridized carbons (Fsp3) is 0.229. The summed E-state index contributed by atoms with van der Waals surface area (Å²) >= 11 is 0. The molecule has 1 N–H and O–H groups in total. The summed E-state index contributed by atoms with van der Waals surface area (Å²) in [5, 5.41) is 7.31. The third-order valence-electron chi connectivity index (χ3n) is 8.29. The Bertz CT molecular complexity index is 2130. The third kappa shape index (κ3) is 6.08. The van der Waals surface area contributed by atoms with Gasteiger partial charge >= 0.3 is 0 Å². The van der Waals surface area contributed by atoms with Crippen LogP contribution in [0, 0.1) is 18.6 Å². The lowest BCUT2D eigenvalue weighted by molar-refractivity contribution is 0.0962. The van der Waals surface area contributed by atoms with Crippen molar-refractivity contribution in [3.05, 3.63) is 107 Å². The number of carbonyl (C=O) groups is 2. The highest BCUT2D eigenvalue weighted by molar-refractivity contribution is 7.92. The summed E-state index contributed by atoms with van der Waals surface area (Å²) in [6, 6.07) is 18.3. The Morgan fingerprint density at radius 1 is 0.957 bits per heavy atom. The average Bonchev–Trinajstić information content (AvgIpc) is 3.81. The summed E-state index contributed by atoms with van der Waals surface area (Å²) in [7, 11) is -2.29. The maximum Gasteiger partial charge on any atom is 0.258 e. The molecule has 5 aromatic rings. The predicted octanol–water partition coefficient (Wildman–Crippen LogP) is 6.21. The first-order valence-corrected chi connectivity index (χ1v) is 17.0. The van der Waals surface area contributed by atoms with Crippen LogP contribution in [-0.4, -0.2) is 55.7 Å². The maximum atomic E-state index is 14.1. The first kappa shape index (κ1) is 31.9. The van der Waals surface area contributed by atoms with Gasteiger partial charge < -0.3 is 10.2 Å². The lowest BCUT2D eigenvalue weighted by Gasteiger charge is -2.25. The van der Waals surface area contributed by atoms with E-state index in [1.54, 1.807) is 54.4 Å². The van der Waals surface area contributed by atoms with E-state index in [-0.39, 0.29) is 29.8 Å². The van der Waals surface area contributed by atoms with Gasteiger partial charge in [0.1, 0.15) is 17.3 Å². The van der Waals surface area contributed by atoms with Crippen molar-refractivity contribution >= 4 is 38.7 Å². The summed E-state index contributed by atoms with van der Waals surface area (Å²) < 4.78 is 56.4. The number of aromatic nitrogens is 2. The fourth-order valence-corrected chi connectivity index (χ4v) is 6.82. The van der Waals surface area contributed by atoms with E-state index in [0.717, 1.165) is 24.7 Å². The number of fused-ring (bicyclic) bond motifs is 1. The Labute approximate surface area is 271 Å². The zero-order chi connectivity index (χ0) is 33.6. The zero-order valence-electron chi connectivity index (χ0n) is 26.3. The molecule has 2 heterocycles. The van der Waals surface area contributed by atoms with Gasteiger partial charge in [-0.1, -0.05) is 6.07 Å². The topological polar surface area (TPSA) is 104 Å². The lowest BCUT2D eigenvalue weighted by atomic mass is 9.95. The number of carbonyl (C=O) groups excluding carboxylic acids is 2. The Morgan fingerprint density at radius 3 is 2.17 bits per heavy atom. The molecule has 242 valence electrons. The first-order valence-electron chi connectivity index (χ1n) is 15.1. The highest BCUT2D eigenvalue weighted by atomic mass is 32.2. The van der Waals surface area contributed by atoms with Gasteiger partial charge in [0.25, 0.3) is 11.8 Å². The molecular formula is C35H33F2N5O4S. The van der Waals surface area contributed by atoms with Crippen molar-refractivity contribution in [1.29, 1.82) is 0 Å². The summed E-state index contributed by atoms with van der Waals surface area (Å²) in [6.45, 7) is 3.66. The zero-order valence-corrected chi connectivity index (χ0v) is 27.1. The van der Waals surface area contributed by atoms with Crippen LogP contribution in [0.1, 0.15) is 46.0 Å². The molecule has 0 radical (unpaired) electrons. The molecule has 0 saturated heterocycles. The van der Waals surface area contributed by atoms with E-state index in [2.05, 4.69) is 10.4 Å². The van der Waals surface area contributed by atoms with Gasteiger partial charge in [-0.25, -0.2) is 21.7 Å². The van der Waals surface area contributed by atoms with E-state index in [9.17, 15) is 26.8 Å². The number of nitrogens with zero attached hydrogens (tertiary/aromatic N) is 4. The SMILES string of the molecule is CCN(c1cn2nc(-c3ccc(F)cc3)c(C(=O)NC)c2cc1-c1cc(C(=O)N(c2ccc(F)cc2)C2CC2)ccc1C)S(C)(=O)=O. The van der Waals surface area contributed by atoms with Gasteiger partial charge in [0, 0.05) is 42.0 Å². The van der Waals surface area contributed by atoms with Crippen molar-refractivity contribution in [2.75, 3.05) is 29.1 Å². The second-order valence-electron chi connectivity index (χ2n) is 11.6. The van der Waals surface area contributed by atoms with Crippen molar-refractivity contribution in [3.63, 3.8) is 0 Å². The second-order valence-corrected chi connectivity index (χ2v) is 13.5. The van der Waals surface area contributed by atoms with Gasteiger partial charge in [-0.3, -0.25) is 13.9 Å². The lowest BCUT2D eigenvalue weighted by Crippen LogP contribution is -2.33. The molecule has 0 atom stereocenters. The summed E-state index contributed by atoms with van der Waals surface area (Å²) in [4.78, 5) is 29.0. The molecule has 47 heavy (non-hydrogen) atoms. The number of aryl methyl sites for hydroxylation is 1. The highest BCUT2D eigenvalue weighted by Gasteiger charge is 2.35. The van der Waals surface area contributed by atoms with Crippen molar-refractivity contribution in [2.24, 2.45) is 0 Å².